The van der Waals surface area contributed by atoms with E-state index in [9.17, 15) is 4.79 Å². The van der Waals surface area contributed by atoms with Crippen molar-refractivity contribution in [1.29, 1.82) is 0 Å². The van der Waals surface area contributed by atoms with Crippen LogP contribution in [0.15, 0.2) is 12.1 Å². The third kappa shape index (κ3) is 3.05. The number of hydrogen-bond donors (Lipinski definition) is 1. The number of nitrogens with two attached hydrogens (primary N) is 1. The summed E-state index contributed by atoms with van der Waals surface area (Å²) in [6.07, 6.45) is 0.268. The predicted molar refractivity (Wildman–Crippen MR) is 71.6 cm³/mol. The molecule has 0 spiro atoms. The van der Waals surface area contributed by atoms with E-state index < -0.39 is 0 Å². The Balaban J connectivity index is 3.16. The number of carbonyl (C=O) groups is 1. The van der Waals surface area contributed by atoms with Crippen LogP contribution in [0.3, 0.4) is 0 Å². The molecular formula is C12H17ClN2O3. The first kappa shape index (κ1) is 14.6. The molecule has 0 bridgehead atoms. The van der Waals surface area contributed by atoms with Crippen LogP contribution in [0.1, 0.15) is 6.42 Å². The molecule has 0 aliphatic heterocycles. The van der Waals surface area contributed by atoms with Gasteiger partial charge in [0.05, 0.1) is 24.9 Å². The number of nitrogens with zero attached hydrogens (tertiary/aromatic N) is 1. The highest BCUT2D eigenvalue weighted by atomic mass is 35.5. The molecule has 0 heterocycles. The molecule has 0 aromatic heterocycles. The average molecular weight is 273 g/mol. The number of hydrogen-bond acceptors (Lipinski definition) is 4. The van der Waals surface area contributed by atoms with Crippen molar-refractivity contribution in [3.8, 4) is 11.5 Å². The molecule has 1 amide bonds. The van der Waals surface area contributed by atoms with Gasteiger partial charge < -0.3 is 20.1 Å². The van der Waals surface area contributed by atoms with Gasteiger partial charge in [0.15, 0.2) is 0 Å². The summed E-state index contributed by atoms with van der Waals surface area (Å²) in [4.78, 5) is 13.3. The Morgan fingerprint density at radius 1 is 1.33 bits per heavy atom. The van der Waals surface area contributed by atoms with E-state index in [2.05, 4.69) is 0 Å². The van der Waals surface area contributed by atoms with Gasteiger partial charge in [-0.1, -0.05) is 11.6 Å². The summed E-state index contributed by atoms with van der Waals surface area (Å²) < 4.78 is 10.3. The Hall–Kier alpha value is -1.46. The zero-order valence-electron chi connectivity index (χ0n) is 10.7. The first-order chi connectivity index (χ1) is 8.54. The highest BCUT2D eigenvalue weighted by Crippen LogP contribution is 2.37. The fourth-order valence-corrected chi connectivity index (χ4v) is 1.76. The number of anilines is 1. The van der Waals surface area contributed by atoms with Crippen molar-refractivity contribution in [3.63, 3.8) is 0 Å². The zero-order valence-corrected chi connectivity index (χ0v) is 11.5. The van der Waals surface area contributed by atoms with Gasteiger partial charge in [-0.15, -0.1) is 0 Å². The summed E-state index contributed by atoms with van der Waals surface area (Å²) in [5, 5.41) is 0.428. The minimum Gasteiger partial charge on any atom is -0.495 e. The summed E-state index contributed by atoms with van der Waals surface area (Å²) in [7, 11) is 4.69. The van der Waals surface area contributed by atoms with E-state index in [1.165, 1.54) is 19.1 Å². The van der Waals surface area contributed by atoms with Crippen LogP contribution in [0.5, 0.6) is 11.5 Å². The van der Waals surface area contributed by atoms with E-state index in [1.807, 2.05) is 0 Å². The molecule has 6 heteroatoms. The molecule has 2 N–H and O–H groups in total. The van der Waals surface area contributed by atoms with Gasteiger partial charge in [0.2, 0.25) is 5.91 Å². The van der Waals surface area contributed by atoms with Gasteiger partial charge in [0, 0.05) is 32.1 Å². The Bertz CT molecular complexity index is 438. The highest BCUT2D eigenvalue weighted by molar-refractivity contribution is 6.32. The Morgan fingerprint density at radius 3 is 2.44 bits per heavy atom. The second-order valence-corrected chi connectivity index (χ2v) is 4.06. The molecule has 0 fully saturated rings. The highest BCUT2D eigenvalue weighted by Gasteiger charge is 2.17. The number of halogens is 1. The van der Waals surface area contributed by atoms with Crippen molar-refractivity contribution < 1.29 is 14.3 Å². The maximum absolute atomic E-state index is 11.8. The maximum atomic E-state index is 11.8. The number of ether oxygens (including phenoxy) is 2. The minimum absolute atomic E-state index is 0.0971. The lowest BCUT2D eigenvalue weighted by Crippen LogP contribution is -2.28. The van der Waals surface area contributed by atoms with E-state index in [0.717, 1.165) is 0 Å². The number of benzene rings is 1. The fraction of sp³-hybridized carbons (Fsp3) is 0.417. The lowest BCUT2D eigenvalue weighted by molar-refractivity contribution is -0.118. The summed E-state index contributed by atoms with van der Waals surface area (Å²) in [6, 6.07) is 3.28. The molecule has 18 heavy (non-hydrogen) atoms. The minimum atomic E-state index is -0.0971. The van der Waals surface area contributed by atoms with Crippen LogP contribution >= 0.6 is 11.6 Å². The van der Waals surface area contributed by atoms with Gasteiger partial charge >= 0.3 is 0 Å². The van der Waals surface area contributed by atoms with Gasteiger partial charge in [-0.2, -0.15) is 0 Å². The molecule has 1 aromatic carbocycles. The SMILES string of the molecule is COc1cc(N(C)C(=O)CCN)c(OC)cc1Cl. The third-order valence-electron chi connectivity index (χ3n) is 2.55. The van der Waals surface area contributed by atoms with Crippen LogP contribution in [0.4, 0.5) is 5.69 Å². The normalized spacial score (nSPS) is 10.1. The number of methoxy groups -OCH3 is 2. The van der Waals surface area contributed by atoms with E-state index in [-0.39, 0.29) is 12.3 Å². The summed E-state index contributed by atoms with van der Waals surface area (Å²) in [6.45, 7) is 0.302. The first-order valence-corrected chi connectivity index (χ1v) is 5.81. The van der Waals surface area contributed by atoms with E-state index in [4.69, 9.17) is 26.8 Å². The second kappa shape index (κ2) is 6.47. The quantitative estimate of drug-likeness (QED) is 0.886. The van der Waals surface area contributed by atoms with Crippen LogP contribution in [0, 0.1) is 0 Å². The van der Waals surface area contributed by atoms with Crippen molar-refractivity contribution in [1.82, 2.24) is 0 Å². The van der Waals surface area contributed by atoms with E-state index in [1.54, 1.807) is 19.2 Å². The fourth-order valence-electron chi connectivity index (χ4n) is 1.53. The number of amides is 1. The molecular weight excluding hydrogens is 256 g/mol. The van der Waals surface area contributed by atoms with Crippen molar-refractivity contribution in [2.24, 2.45) is 5.73 Å². The Labute approximate surface area is 111 Å². The molecule has 0 saturated carbocycles. The smallest absolute Gasteiger partial charge is 0.228 e. The summed E-state index contributed by atoms with van der Waals surface area (Å²) in [5.74, 6) is 0.897. The van der Waals surface area contributed by atoms with Gasteiger partial charge in [-0.3, -0.25) is 4.79 Å². The Morgan fingerprint density at radius 2 is 1.94 bits per heavy atom. The van der Waals surface area contributed by atoms with Crippen LogP contribution < -0.4 is 20.1 Å². The summed E-state index contributed by atoms with van der Waals surface area (Å²) in [5.41, 5.74) is 5.97. The zero-order chi connectivity index (χ0) is 13.7. The molecule has 0 saturated heterocycles. The number of carbonyl (C=O) groups excluding carboxylic acids is 1. The third-order valence-corrected chi connectivity index (χ3v) is 2.84. The molecule has 1 rings (SSSR count). The van der Waals surface area contributed by atoms with Crippen molar-refractivity contribution in [2.45, 2.75) is 6.42 Å². The van der Waals surface area contributed by atoms with Crippen LogP contribution in [0.2, 0.25) is 5.02 Å². The summed E-state index contributed by atoms with van der Waals surface area (Å²) >= 11 is 6.00. The van der Waals surface area contributed by atoms with Crippen LogP contribution in [-0.2, 0) is 4.79 Å². The van der Waals surface area contributed by atoms with E-state index >= 15 is 0 Å². The molecule has 1 aromatic rings. The van der Waals surface area contributed by atoms with E-state index in [0.29, 0.717) is 28.8 Å². The molecule has 5 nitrogen and oxygen atoms in total. The van der Waals surface area contributed by atoms with Crippen LogP contribution in [-0.4, -0.2) is 33.7 Å². The first-order valence-electron chi connectivity index (χ1n) is 5.43. The van der Waals surface area contributed by atoms with Crippen LogP contribution in [0.25, 0.3) is 0 Å². The van der Waals surface area contributed by atoms with Gasteiger partial charge in [-0.25, -0.2) is 0 Å². The molecule has 100 valence electrons. The predicted octanol–water partition coefficient (Wildman–Crippen LogP) is 1.67. The number of rotatable bonds is 5. The molecule has 0 atom stereocenters. The van der Waals surface area contributed by atoms with Crippen molar-refractivity contribution in [3.05, 3.63) is 17.2 Å². The lowest BCUT2D eigenvalue weighted by Gasteiger charge is -2.21. The van der Waals surface area contributed by atoms with Gasteiger partial charge in [-0.05, 0) is 0 Å². The average Bonchev–Trinajstić information content (AvgIpc) is 2.37. The molecule has 0 aliphatic carbocycles. The standard InChI is InChI=1S/C12H17ClN2O3/c1-15(12(16)4-5-14)9-7-10(17-2)8(13)6-11(9)18-3/h6-7H,4-5,14H2,1-3H3. The topological polar surface area (TPSA) is 64.8 Å². The monoisotopic (exact) mass is 272 g/mol. The Kier molecular flexibility index (Phi) is 5.25. The lowest BCUT2D eigenvalue weighted by atomic mass is 10.2. The largest absolute Gasteiger partial charge is 0.495 e. The molecule has 0 aliphatic rings. The van der Waals surface area contributed by atoms with Gasteiger partial charge in [0.25, 0.3) is 0 Å². The van der Waals surface area contributed by atoms with Gasteiger partial charge in [0.1, 0.15) is 11.5 Å². The molecule has 0 unspecified atom stereocenters. The molecule has 0 radical (unpaired) electrons. The van der Waals surface area contributed by atoms with Crippen molar-refractivity contribution in [2.75, 3.05) is 32.7 Å². The second-order valence-electron chi connectivity index (χ2n) is 3.65. The van der Waals surface area contributed by atoms with Crippen molar-refractivity contribution >= 4 is 23.2 Å². The maximum Gasteiger partial charge on any atom is 0.228 e.